The molecular weight excluding hydrogens is 190 g/mol. The van der Waals surface area contributed by atoms with E-state index >= 15 is 0 Å². The lowest BCUT2D eigenvalue weighted by Crippen LogP contribution is -2.22. The van der Waals surface area contributed by atoms with Crippen molar-refractivity contribution in [3.05, 3.63) is 15.3 Å². The maximum Gasteiger partial charge on any atom is 0.342 e. The molecule has 1 heterocycles. The lowest BCUT2D eigenvalue weighted by atomic mass is 10.2. The van der Waals surface area contributed by atoms with Gasteiger partial charge in [-0.05, 0) is 18.1 Å². The van der Waals surface area contributed by atoms with Crippen molar-refractivity contribution in [1.29, 1.82) is 0 Å². The fourth-order valence-electron chi connectivity index (χ4n) is 1.15. The largest absolute Gasteiger partial charge is 0.384 e. The zero-order chi connectivity index (χ0) is 9.84. The van der Waals surface area contributed by atoms with Crippen LogP contribution in [0, 0.1) is 10.7 Å². The molecule has 0 aliphatic rings. The molecule has 1 rings (SSSR count). The Morgan fingerprint density at radius 2 is 2.31 bits per heavy atom. The Morgan fingerprint density at radius 3 is 2.77 bits per heavy atom. The predicted molar refractivity (Wildman–Crippen MR) is 51.3 cm³/mol. The number of nitrogens with one attached hydrogen (secondary N) is 2. The van der Waals surface area contributed by atoms with Crippen molar-refractivity contribution in [2.45, 2.75) is 13.5 Å². The topological polar surface area (TPSA) is 62.8 Å². The summed E-state index contributed by atoms with van der Waals surface area (Å²) >= 11 is 4.91. The summed E-state index contributed by atoms with van der Waals surface area (Å²) in [5.74, 6) is 0.272. The van der Waals surface area contributed by atoms with Crippen molar-refractivity contribution < 1.29 is 4.74 Å². The Balaban J connectivity index is 2.74. The lowest BCUT2D eigenvalue weighted by molar-refractivity contribution is 0.150. The second-order valence-electron chi connectivity index (χ2n) is 3.03. The van der Waals surface area contributed by atoms with Gasteiger partial charge in [-0.2, -0.15) is 0 Å². The molecule has 5 nitrogen and oxygen atoms in total. The summed E-state index contributed by atoms with van der Waals surface area (Å²) in [6, 6.07) is 0. The van der Waals surface area contributed by atoms with Gasteiger partial charge in [-0.3, -0.25) is 9.67 Å². The molecule has 0 amide bonds. The van der Waals surface area contributed by atoms with Crippen LogP contribution in [0.5, 0.6) is 0 Å². The molecular formula is C7H13N3O2S. The van der Waals surface area contributed by atoms with Crippen molar-refractivity contribution in [1.82, 2.24) is 14.8 Å². The van der Waals surface area contributed by atoms with E-state index in [1.54, 1.807) is 7.11 Å². The molecule has 2 N–H and O–H groups in total. The van der Waals surface area contributed by atoms with Gasteiger partial charge in [0.25, 0.3) is 0 Å². The molecule has 1 unspecified atom stereocenters. The van der Waals surface area contributed by atoms with Crippen LogP contribution in [0.15, 0.2) is 4.79 Å². The molecule has 0 spiro atoms. The van der Waals surface area contributed by atoms with Gasteiger partial charge >= 0.3 is 5.69 Å². The van der Waals surface area contributed by atoms with Crippen molar-refractivity contribution in [2.24, 2.45) is 5.92 Å². The second-order valence-corrected chi connectivity index (χ2v) is 3.42. The first-order chi connectivity index (χ1) is 6.15. The van der Waals surface area contributed by atoms with E-state index in [0.717, 1.165) is 0 Å². The van der Waals surface area contributed by atoms with Crippen LogP contribution in [-0.4, -0.2) is 28.5 Å². The Labute approximate surface area is 80.7 Å². The molecule has 74 valence electrons. The first-order valence-corrected chi connectivity index (χ1v) is 4.42. The van der Waals surface area contributed by atoms with Gasteiger partial charge in [0.1, 0.15) is 0 Å². The Kier molecular flexibility index (Phi) is 3.44. The summed E-state index contributed by atoms with van der Waals surface area (Å²) < 4.78 is 6.87. The monoisotopic (exact) mass is 203 g/mol. The molecule has 1 aromatic rings. The number of methoxy groups -OCH3 is 1. The van der Waals surface area contributed by atoms with Crippen molar-refractivity contribution >= 4 is 12.2 Å². The minimum absolute atomic E-state index is 0.201. The molecule has 13 heavy (non-hydrogen) atoms. The van der Waals surface area contributed by atoms with Gasteiger partial charge in [0.2, 0.25) is 0 Å². The third-order valence-electron chi connectivity index (χ3n) is 1.71. The summed E-state index contributed by atoms with van der Waals surface area (Å²) in [5, 5.41) is 5.01. The molecule has 0 aliphatic carbocycles. The van der Waals surface area contributed by atoms with E-state index in [-0.39, 0.29) is 11.6 Å². The third kappa shape index (κ3) is 2.53. The number of aromatic amines is 2. The zero-order valence-corrected chi connectivity index (χ0v) is 8.48. The van der Waals surface area contributed by atoms with E-state index in [4.69, 9.17) is 17.0 Å². The van der Waals surface area contributed by atoms with E-state index < -0.39 is 0 Å². The number of hydrogen-bond donors (Lipinski definition) is 2. The Bertz CT molecular complexity index is 337. The van der Waals surface area contributed by atoms with E-state index in [2.05, 4.69) is 10.2 Å². The first kappa shape index (κ1) is 10.2. The van der Waals surface area contributed by atoms with Crippen LogP contribution in [0.3, 0.4) is 0 Å². The lowest BCUT2D eigenvalue weighted by Gasteiger charge is -2.08. The van der Waals surface area contributed by atoms with Crippen molar-refractivity contribution in [3.8, 4) is 0 Å². The van der Waals surface area contributed by atoms with Crippen LogP contribution < -0.4 is 5.69 Å². The predicted octanol–water partition coefficient (Wildman–Crippen LogP) is 0.516. The van der Waals surface area contributed by atoms with Gasteiger partial charge in [-0.1, -0.05) is 6.92 Å². The highest BCUT2D eigenvalue weighted by Crippen LogP contribution is 1.98. The van der Waals surface area contributed by atoms with E-state index in [9.17, 15) is 4.79 Å². The van der Waals surface area contributed by atoms with Crippen molar-refractivity contribution in [3.63, 3.8) is 0 Å². The SMILES string of the molecule is COCC(C)Cn1c(=O)[nH][nH]c1=S. The quantitative estimate of drug-likeness (QED) is 0.701. The number of H-pyrrole nitrogens is 2. The molecule has 0 saturated heterocycles. The van der Waals surface area contributed by atoms with E-state index in [1.165, 1.54) is 4.57 Å². The Morgan fingerprint density at radius 1 is 1.62 bits per heavy atom. The average molecular weight is 203 g/mol. The summed E-state index contributed by atoms with van der Waals surface area (Å²) in [5.41, 5.74) is -0.201. The smallest absolute Gasteiger partial charge is 0.342 e. The average Bonchev–Trinajstić information content (AvgIpc) is 2.36. The maximum atomic E-state index is 11.1. The number of aromatic nitrogens is 3. The number of ether oxygens (including phenoxy) is 1. The number of nitrogens with zero attached hydrogens (tertiary/aromatic N) is 1. The Hall–Kier alpha value is -0.880. The molecule has 0 saturated carbocycles. The number of hydrogen-bond acceptors (Lipinski definition) is 3. The van der Waals surface area contributed by atoms with Gasteiger partial charge in [0.05, 0.1) is 6.61 Å². The van der Waals surface area contributed by atoms with E-state index in [1.807, 2.05) is 6.92 Å². The normalized spacial score (nSPS) is 13.1. The highest BCUT2D eigenvalue weighted by molar-refractivity contribution is 7.71. The third-order valence-corrected chi connectivity index (χ3v) is 2.03. The molecule has 0 fully saturated rings. The molecule has 0 radical (unpaired) electrons. The molecule has 0 bridgehead atoms. The zero-order valence-electron chi connectivity index (χ0n) is 7.66. The maximum absolute atomic E-state index is 11.1. The molecule has 6 heteroatoms. The summed E-state index contributed by atoms with van der Waals surface area (Å²) in [6.45, 7) is 3.19. The van der Waals surface area contributed by atoms with Gasteiger partial charge in [0, 0.05) is 13.7 Å². The van der Waals surface area contributed by atoms with Gasteiger partial charge < -0.3 is 4.74 Å². The second kappa shape index (κ2) is 4.38. The summed E-state index contributed by atoms with van der Waals surface area (Å²) in [6.07, 6.45) is 0. The van der Waals surface area contributed by atoms with Gasteiger partial charge in [-0.25, -0.2) is 9.89 Å². The van der Waals surface area contributed by atoms with Crippen LogP contribution in [0.2, 0.25) is 0 Å². The minimum Gasteiger partial charge on any atom is -0.384 e. The van der Waals surface area contributed by atoms with Crippen LogP contribution in [0.4, 0.5) is 0 Å². The standard InChI is InChI=1S/C7H13N3O2S/c1-5(4-12-2)3-10-6(11)8-9-7(10)13/h5H,3-4H2,1-2H3,(H,8,11)(H,9,13). The van der Waals surface area contributed by atoms with E-state index in [0.29, 0.717) is 17.9 Å². The van der Waals surface area contributed by atoms with Crippen LogP contribution in [0.25, 0.3) is 0 Å². The molecule has 0 aromatic carbocycles. The van der Waals surface area contributed by atoms with Crippen LogP contribution >= 0.6 is 12.2 Å². The van der Waals surface area contributed by atoms with Crippen LogP contribution in [0.1, 0.15) is 6.92 Å². The molecule has 1 atom stereocenters. The summed E-state index contributed by atoms with van der Waals surface area (Å²) in [7, 11) is 1.64. The highest BCUT2D eigenvalue weighted by Gasteiger charge is 2.06. The molecule has 0 aliphatic heterocycles. The highest BCUT2D eigenvalue weighted by atomic mass is 32.1. The van der Waals surface area contributed by atoms with Gasteiger partial charge in [0.15, 0.2) is 4.77 Å². The fourth-order valence-corrected chi connectivity index (χ4v) is 1.36. The fraction of sp³-hybridized carbons (Fsp3) is 0.714. The minimum atomic E-state index is -0.201. The number of rotatable bonds is 4. The van der Waals surface area contributed by atoms with Crippen molar-refractivity contribution in [2.75, 3.05) is 13.7 Å². The van der Waals surface area contributed by atoms with Gasteiger partial charge in [-0.15, -0.1) is 0 Å². The van der Waals surface area contributed by atoms with Crippen LogP contribution in [-0.2, 0) is 11.3 Å². The summed E-state index contributed by atoms with van der Waals surface area (Å²) in [4.78, 5) is 11.1. The first-order valence-electron chi connectivity index (χ1n) is 4.01. The molecule has 1 aromatic heterocycles.